The predicted molar refractivity (Wildman–Crippen MR) is 73.5 cm³/mol. The number of nitrogens with zero attached hydrogens (tertiary/aromatic N) is 1. The van der Waals surface area contributed by atoms with Crippen molar-refractivity contribution in [1.29, 1.82) is 0 Å². The molecule has 0 aliphatic carbocycles. The van der Waals surface area contributed by atoms with Gasteiger partial charge >= 0.3 is 5.97 Å². The minimum atomic E-state index is -0.719. The zero-order chi connectivity index (χ0) is 14.7. The molecule has 1 aliphatic heterocycles. The summed E-state index contributed by atoms with van der Waals surface area (Å²) in [7, 11) is 1.68. The van der Waals surface area contributed by atoms with Gasteiger partial charge < -0.3 is 20.1 Å². The predicted octanol–water partition coefficient (Wildman–Crippen LogP) is 1.05. The third kappa shape index (κ3) is 2.68. The first-order chi connectivity index (χ1) is 9.54. The first kappa shape index (κ1) is 14.2. The van der Waals surface area contributed by atoms with E-state index in [1.807, 2.05) is 0 Å². The van der Waals surface area contributed by atoms with E-state index < -0.39 is 12.1 Å². The zero-order valence-electron chi connectivity index (χ0n) is 11.6. The number of ether oxygens (including phenoxy) is 2. The number of benzene rings is 1. The Bertz CT molecular complexity index is 530. The van der Waals surface area contributed by atoms with E-state index in [1.165, 1.54) is 0 Å². The minimum Gasteiger partial charge on any atom is -0.491 e. The molecule has 2 rings (SSSR count). The molecule has 0 bridgehead atoms. The molecule has 0 aromatic heterocycles. The van der Waals surface area contributed by atoms with E-state index in [0.29, 0.717) is 31.0 Å². The van der Waals surface area contributed by atoms with Gasteiger partial charge in [-0.3, -0.25) is 4.79 Å². The molecule has 6 heteroatoms. The summed E-state index contributed by atoms with van der Waals surface area (Å²) < 4.78 is 10.6. The van der Waals surface area contributed by atoms with Crippen LogP contribution in [-0.4, -0.2) is 43.1 Å². The summed E-state index contributed by atoms with van der Waals surface area (Å²) in [5, 5.41) is 0. The van der Waals surface area contributed by atoms with E-state index in [2.05, 4.69) is 0 Å². The highest BCUT2D eigenvalue weighted by Crippen LogP contribution is 2.28. The molecule has 20 heavy (non-hydrogen) atoms. The normalized spacial score (nSPS) is 18.2. The highest BCUT2D eigenvalue weighted by atomic mass is 16.6. The van der Waals surface area contributed by atoms with E-state index in [-0.39, 0.29) is 11.5 Å². The van der Waals surface area contributed by atoms with Crippen molar-refractivity contribution < 1.29 is 19.1 Å². The number of hydrogen-bond donors (Lipinski definition) is 1. The number of para-hydroxylation sites is 1. The van der Waals surface area contributed by atoms with Gasteiger partial charge in [0.25, 0.3) is 5.91 Å². The maximum Gasteiger partial charge on any atom is 0.342 e. The van der Waals surface area contributed by atoms with E-state index in [0.717, 1.165) is 0 Å². The second-order valence-corrected chi connectivity index (χ2v) is 4.60. The molecular formula is C14H18N2O4. The SMILES string of the molecule is CCOc1c(N)cccc1C(=O)OC1CCN(C)C1=O. The van der Waals surface area contributed by atoms with Gasteiger partial charge in [-0.15, -0.1) is 0 Å². The number of nitrogens with two attached hydrogens (primary N) is 1. The number of nitrogen functional groups attached to an aromatic ring is 1. The number of carbonyl (C=O) groups excluding carboxylic acids is 2. The van der Waals surface area contributed by atoms with Crippen molar-refractivity contribution in [3.63, 3.8) is 0 Å². The molecule has 1 saturated heterocycles. The van der Waals surface area contributed by atoms with Crippen LogP contribution < -0.4 is 10.5 Å². The number of anilines is 1. The van der Waals surface area contributed by atoms with Gasteiger partial charge in [-0.2, -0.15) is 0 Å². The molecule has 1 aliphatic rings. The summed E-state index contributed by atoms with van der Waals surface area (Å²) >= 11 is 0. The summed E-state index contributed by atoms with van der Waals surface area (Å²) in [4.78, 5) is 25.5. The number of likely N-dealkylation sites (tertiary alicyclic amines) is 1. The maximum absolute atomic E-state index is 12.2. The molecule has 1 heterocycles. The Balaban J connectivity index is 2.17. The van der Waals surface area contributed by atoms with Crippen LogP contribution in [0, 0.1) is 0 Å². The van der Waals surface area contributed by atoms with Gasteiger partial charge in [0.15, 0.2) is 11.9 Å². The molecule has 1 unspecified atom stereocenters. The van der Waals surface area contributed by atoms with E-state index in [9.17, 15) is 9.59 Å². The Morgan fingerprint density at radius 1 is 1.50 bits per heavy atom. The Kier molecular flexibility index (Phi) is 4.12. The van der Waals surface area contributed by atoms with Crippen LogP contribution in [0.15, 0.2) is 18.2 Å². The summed E-state index contributed by atoms with van der Waals surface area (Å²) in [5.41, 5.74) is 6.41. The molecule has 1 fully saturated rings. The minimum absolute atomic E-state index is 0.180. The zero-order valence-corrected chi connectivity index (χ0v) is 11.6. The van der Waals surface area contributed by atoms with Crippen molar-refractivity contribution in [2.75, 3.05) is 25.9 Å². The van der Waals surface area contributed by atoms with Gasteiger partial charge in [-0.05, 0) is 19.1 Å². The van der Waals surface area contributed by atoms with Gasteiger partial charge in [0.2, 0.25) is 0 Å². The van der Waals surface area contributed by atoms with Crippen molar-refractivity contribution in [3.05, 3.63) is 23.8 Å². The lowest BCUT2D eigenvalue weighted by Crippen LogP contribution is -2.29. The smallest absolute Gasteiger partial charge is 0.342 e. The molecule has 108 valence electrons. The number of esters is 1. The number of likely N-dealkylation sites (N-methyl/N-ethyl adjacent to an activating group) is 1. The summed E-state index contributed by atoms with van der Waals surface area (Å²) in [5.74, 6) is -0.464. The average molecular weight is 278 g/mol. The fourth-order valence-corrected chi connectivity index (χ4v) is 2.11. The van der Waals surface area contributed by atoms with Gasteiger partial charge in [0.05, 0.1) is 12.3 Å². The lowest BCUT2D eigenvalue weighted by molar-refractivity contribution is -0.133. The molecule has 1 aromatic carbocycles. The van der Waals surface area contributed by atoms with Crippen molar-refractivity contribution in [2.45, 2.75) is 19.4 Å². The van der Waals surface area contributed by atoms with Crippen molar-refractivity contribution in [3.8, 4) is 5.75 Å². The molecule has 1 aromatic rings. The summed E-state index contributed by atoms with van der Waals surface area (Å²) in [6.07, 6.45) is -0.212. The second kappa shape index (κ2) is 5.81. The molecule has 0 saturated carbocycles. The number of rotatable bonds is 4. The fourth-order valence-electron chi connectivity index (χ4n) is 2.11. The van der Waals surface area contributed by atoms with Crippen LogP contribution in [-0.2, 0) is 9.53 Å². The van der Waals surface area contributed by atoms with Gasteiger partial charge in [0.1, 0.15) is 5.56 Å². The van der Waals surface area contributed by atoms with E-state index in [1.54, 1.807) is 37.1 Å². The standard InChI is InChI=1S/C14H18N2O4/c1-3-19-12-9(5-4-6-10(12)15)14(18)20-11-7-8-16(2)13(11)17/h4-6,11H,3,7-8,15H2,1-2H3. The number of carbonyl (C=O) groups is 2. The summed E-state index contributed by atoms with van der Waals surface area (Å²) in [6.45, 7) is 2.78. The van der Waals surface area contributed by atoms with Gasteiger partial charge in [-0.1, -0.05) is 6.07 Å². The van der Waals surface area contributed by atoms with Crippen LogP contribution in [0.5, 0.6) is 5.75 Å². The van der Waals surface area contributed by atoms with Crippen LogP contribution in [0.25, 0.3) is 0 Å². The van der Waals surface area contributed by atoms with Crippen LogP contribution in [0.4, 0.5) is 5.69 Å². The Morgan fingerprint density at radius 3 is 2.85 bits per heavy atom. The van der Waals surface area contributed by atoms with Crippen LogP contribution in [0.1, 0.15) is 23.7 Å². The Hall–Kier alpha value is -2.24. The van der Waals surface area contributed by atoms with E-state index >= 15 is 0 Å². The van der Waals surface area contributed by atoms with Gasteiger partial charge in [-0.25, -0.2) is 4.79 Å². The molecular weight excluding hydrogens is 260 g/mol. The van der Waals surface area contributed by atoms with Crippen LogP contribution in [0.2, 0.25) is 0 Å². The average Bonchev–Trinajstić information content (AvgIpc) is 2.73. The Labute approximate surface area is 117 Å². The molecule has 6 nitrogen and oxygen atoms in total. The lowest BCUT2D eigenvalue weighted by Gasteiger charge is -2.14. The topological polar surface area (TPSA) is 81.9 Å². The Morgan fingerprint density at radius 2 is 2.25 bits per heavy atom. The highest BCUT2D eigenvalue weighted by molar-refractivity contribution is 5.96. The monoisotopic (exact) mass is 278 g/mol. The van der Waals surface area contributed by atoms with Crippen LogP contribution >= 0.6 is 0 Å². The molecule has 0 radical (unpaired) electrons. The summed E-state index contributed by atoms with van der Waals surface area (Å²) in [6, 6.07) is 4.88. The quantitative estimate of drug-likeness (QED) is 0.657. The first-order valence-corrected chi connectivity index (χ1v) is 6.51. The second-order valence-electron chi connectivity index (χ2n) is 4.60. The number of hydrogen-bond acceptors (Lipinski definition) is 5. The van der Waals surface area contributed by atoms with Crippen molar-refractivity contribution in [2.24, 2.45) is 0 Å². The third-order valence-corrected chi connectivity index (χ3v) is 3.18. The molecule has 0 spiro atoms. The molecule has 2 N–H and O–H groups in total. The van der Waals surface area contributed by atoms with Gasteiger partial charge in [0, 0.05) is 20.0 Å². The number of amides is 1. The van der Waals surface area contributed by atoms with E-state index in [4.69, 9.17) is 15.2 Å². The maximum atomic E-state index is 12.2. The largest absolute Gasteiger partial charge is 0.491 e. The van der Waals surface area contributed by atoms with Crippen molar-refractivity contribution >= 4 is 17.6 Å². The van der Waals surface area contributed by atoms with Crippen molar-refractivity contribution in [1.82, 2.24) is 4.90 Å². The fraction of sp³-hybridized carbons (Fsp3) is 0.429. The van der Waals surface area contributed by atoms with Crippen LogP contribution in [0.3, 0.4) is 0 Å². The third-order valence-electron chi connectivity index (χ3n) is 3.18. The highest BCUT2D eigenvalue weighted by Gasteiger charge is 2.33. The molecule has 1 amide bonds. The first-order valence-electron chi connectivity index (χ1n) is 6.51. The molecule has 1 atom stereocenters. The lowest BCUT2D eigenvalue weighted by atomic mass is 10.1.